The first-order chi connectivity index (χ1) is 19.9. The lowest BCUT2D eigenvalue weighted by Gasteiger charge is -2.41. The number of nitrogens with zero attached hydrogens (tertiary/aromatic N) is 8. The monoisotopic (exact) mass is 556 g/mol. The highest BCUT2D eigenvalue weighted by atomic mass is 32.1. The van der Waals surface area contributed by atoms with E-state index in [0.717, 1.165) is 49.9 Å². The number of thiophene rings is 2. The molecule has 0 radical (unpaired) electrons. The first-order valence-corrected chi connectivity index (χ1v) is 14.3. The van der Waals surface area contributed by atoms with Gasteiger partial charge in [0.05, 0.1) is 27.7 Å². The van der Waals surface area contributed by atoms with Crippen molar-refractivity contribution in [3.63, 3.8) is 0 Å². The highest BCUT2D eigenvalue weighted by molar-refractivity contribution is 7.14. The van der Waals surface area contributed by atoms with E-state index in [-0.39, 0.29) is 6.04 Å². The molecule has 1 aliphatic rings. The zero-order valence-electron chi connectivity index (χ0n) is 20.9. The topological polar surface area (TPSA) is 93.5 Å². The van der Waals surface area contributed by atoms with Crippen LogP contribution in [0.3, 0.4) is 0 Å². The van der Waals surface area contributed by atoms with E-state index in [1.807, 2.05) is 42.9 Å². The van der Waals surface area contributed by atoms with Crippen LogP contribution in [0.5, 0.6) is 0 Å². The molecule has 0 saturated heterocycles. The molecule has 0 fully saturated rings. The van der Waals surface area contributed by atoms with Gasteiger partial charge in [0.1, 0.15) is 18.7 Å². The van der Waals surface area contributed by atoms with Gasteiger partial charge in [0.15, 0.2) is 5.82 Å². The van der Waals surface area contributed by atoms with Crippen molar-refractivity contribution in [2.45, 2.75) is 6.04 Å². The molecule has 6 aromatic rings. The van der Waals surface area contributed by atoms with Crippen LogP contribution < -0.4 is 4.90 Å². The summed E-state index contributed by atoms with van der Waals surface area (Å²) in [4.78, 5) is 34.5. The van der Waals surface area contributed by atoms with Crippen molar-refractivity contribution < 1.29 is 0 Å². The molecule has 0 N–H and O–H groups in total. The molecule has 10 heteroatoms. The van der Waals surface area contributed by atoms with E-state index in [4.69, 9.17) is 19.9 Å². The minimum Gasteiger partial charge on any atom is -0.319 e. The smallest absolute Gasteiger partial charge is 0.161 e. The molecular weight excluding hydrogens is 537 g/mol. The van der Waals surface area contributed by atoms with Gasteiger partial charge in [0.2, 0.25) is 0 Å². The summed E-state index contributed by atoms with van der Waals surface area (Å²) in [7, 11) is 0. The van der Waals surface area contributed by atoms with Crippen LogP contribution in [-0.2, 0) is 0 Å². The molecule has 1 aliphatic heterocycles. The van der Waals surface area contributed by atoms with Crippen LogP contribution in [0.25, 0.3) is 22.4 Å². The highest BCUT2D eigenvalue weighted by Gasteiger charge is 2.41. The van der Waals surface area contributed by atoms with Crippen LogP contribution in [0.4, 0.5) is 5.00 Å². The molecule has 8 nitrogen and oxygen atoms in total. The Bertz CT molecular complexity index is 1770. The van der Waals surface area contributed by atoms with Gasteiger partial charge in [0, 0.05) is 64.8 Å². The third kappa shape index (κ3) is 4.29. The number of aromatic nitrogens is 7. The van der Waals surface area contributed by atoms with Crippen LogP contribution in [0.1, 0.15) is 34.4 Å². The fourth-order valence-electron chi connectivity index (χ4n) is 5.00. The Morgan fingerprint density at radius 3 is 2.25 bits per heavy atom. The first-order valence-electron chi connectivity index (χ1n) is 12.4. The van der Waals surface area contributed by atoms with E-state index >= 15 is 0 Å². The molecule has 0 saturated carbocycles. The van der Waals surface area contributed by atoms with Gasteiger partial charge >= 0.3 is 0 Å². The number of hydrogen-bond donors (Lipinski definition) is 0. The number of rotatable bonds is 6. The summed E-state index contributed by atoms with van der Waals surface area (Å²) in [5.74, 6) is 0.590. The van der Waals surface area contributed by atoms with Crippen molar-refractivity contribution in [2.24, 2.45) is 0 Å². The Hall–Kier alpha value is -4.93. The Morgan fingerprint density at radius 1 is 0.675 bits per heavy atom. The maximum Gasteiger partial charge on any atom is 0.161 e. The van der Waals surface area contributed by atoms with Gasteiger partial charge in [-0.1, -0.05) is 6.07 Å². The number of anilines is 1. The third-order valence-electron chi connectivity index (χ3n) is 6.53. The number of allylic oxidation sites excluding steroid dienone is 2. The zero-order chi connectivity index (χ0) is 26.7. The molecule has 7 heterocycles. The lowest BCUT2D eigenvalue weighted by molar-refractivity contribution is 0.837. The third-order valence-corrected chi connectivity index (χ3v) is 8.08. The fraction of sp³-hybridized carbons (Fsp3) is 0.0333. The fourth-order valence-corrected chi connectivity index (χ4v) is 6.41. The SMILES string of the molecule is c1ccc(C2C(c3cncnc3)=C(c3ccncn3)C(c3ncccn3)=C(c3ccsc3)N2c2cccs2)nc1. The minimum atomic E-state index is -0.335. The van der Waals surface area contributed by atoms with Crippen molar-refractivity contribution in [1.29, 1.82) is 0 Å². The van der Waals surface area contributed by atoms with Gasteiger partial charge in [-0.25, -0.2) is 29.9 Å². The summed E-state index contributed by atoms with van der Waals surface area (Å²) < 4.78 is 0. The van der Waals surface area contributed by atoms with Gasteiger partial charge in [-0.15, -0.1) is 11.3 Å². The van der Waals surface area contributed by atoms with Crippen molar-refractivity contribution in [3.8, 4) is 0 Å². The quantitative estimate of drug-likeness (QED) is 0.235. The summed E-state index contributed by atoms with van der Waals surface area (Å²) in [6.45, 7) is 0. The zero-order valence-corrected chi connectivity index (χ0v) is 22.6. The largest absolute Gasteiger partial charge is 0.319 e. The molecule has 0 spiro atoms. The second-order valence-corrected chi connectivity index (χ2v) is 10.5. The maximum absolute atomic E-state index is 4.88. The summed E-state index contributed by atoms with van der Waals surface area (Å²) in [6, 6.07) is 15.7. The molecule has 7 rings (SSSR count). The Kier molecular flexibility index (Phi) is 6.44. The van der Waals surface area contributed by atoms with Crippen molar-refractivity contribution >= 4 is 50.1 Å². The molecule has 6 aromatic heterocycles. The molecule has 0 aliphatic carbocycles. The average molecular weight is 557 g/mol. The Morgan fingerprint density at radius 2 is 1.55 bits per heavy atom. The number of hydrogen-bond acceptors (Lipinski definition) is 10. The van der Waals surface area contributed by atoms with Crippen molar-refractivity contribution in [3.05, 3.63) is 143 Å². The molecule has 1 atom stereocenters. The van der Waals surface area contributed by atoms with E-state index in [2.05, 4.69) is 60.3 Å². The van der Waals surface area contributed by atoms with Gasteiger partial charge in [-0.3, -0.25) is 4.98 Å². The highest BCUT2D eigenvalue weighted by Crippen LogP contribution is 2.55. The summed E-state index contributed by atoms with van der Waals surface area (Å²) >= 11 is 3.31. The predicted molar refractivity (Wildman–Crippen MR) is 158 cm³/mol. The van der Waals surface area contributed by atoms with Crippen LogP contribution in [0.2, 0.25) is 0 Å². The van der Waals surface area contributed by atoms with Crippen LogP contribution in [0.15, 0.2) is 115 Å². The maximum atomic E-state index is 4.88. The first kappa shape index (κ1) is 24.1. The van der Waals surface area contributed by atoms with E-state index in [9.17, 15) is 0 Å². The van der Waals surface area contributed by atoms with Gasteiger partial charge < -0.3 is 4.90 Å². The summed E-state index contributed by atoms with van der Waals surface area (Å²) in [6.07, 6.45) is 13.9. The van der Waals surface area contributed by atoms with Crippen LogP contribution in [-0.4, -0.2) is 34.9 Å². The standard InChI is InChI=1S/C30H20N8S2/c1-2-9-34-23(5-1)29-25(21-15-32-18-33-16-21)26(22-7-12-31-19-37-22)27(30-35-10-4-11-36-30)28(20-8-14-39-17-20)38(29)24-6-3-13-40-24/h1-19,29H. The molecule has 0 bridgehead atoms. The normalized spacial score (nSPS) is 15.5. The lowest BCUT2D eigenvalue weighted by atomic mass is 9.80. The molecule has 40 heavy (non-hydrogen) atoms. The molecule has 1 unspecified atom stereocenters. The Balaban J connectivity index is 1.70. The van der Waals surface area contributed by atoms with Gasteiger partial charge in [-0.2, -0.15) is 11.3 Å². The molecule has 0 amide bonds. The lowest BCUT2D eigenvalue weighted by Crippen LogP contribution is -2.33. The number of pyridine rings is 1. The Labute approximate surface area is 238 Å². The van der Waals surface area contributed by atoms with E-state index in [1.54, 1.807) is 47.6 Å². The van der Waals surface area contributed by atoms with Crippen LogP contribution in [0, 0.1) is 0 Å². The molecule has 0 aromatic carbocycles. The van der Waals surface area contributed by atoms with Gasteiger partial charge in [-0.05, 0) is 53.2 Å². The summed E-state index contributed by atoms with van der Waals surface area (Å²) in [5.41, 5.74) is 7.19. The van der Waals surface area contributed by atoms with E-state index in [0.29, 0.717) is 5.82 Å². The average Bonchev–Trinajstić information content (AvgIpc) is 3.77. The summed E-state index contributed by atoms with van der Waals surface area (Å²) in [5, 5.41) is 7.39. The van der Waals surface area contributed by atoms with Gasteiger partial charge in [0.25, 0.3) is 0 Å². The van der Waals surface area contributed by atoms with E-state index < -0.39 is 0 Å². The van der Waals surface area contributed by atoms with Crippen molar-refractivity contribution in [2.75, 3.05) is 4.90 Å². The second-order valence-electron chi connectivity index (χ2n) is 8.80. The molecular formula is C30H20N8S2. The predicted octanol–water partition coefficient (Wildman–Crippen LogP) is 6.32. The minimum absolute atomic E-state index is 0.335. The molecule has 192 valence electrons. The second kappa shape index (κ2) is 10.7. The van der Waals surface area contributed by atoms with Crippen LogP contribution >= 0.6 is 22.7 Å². The van der Waals surface area contributed by atoms with E-state index in [1.165, 1.54) is 6.33 Å². The van der Waals surface area contributed by atoms with Crippen molar-refractivity contribution in [1.82, 2.24) is 34.9 Å².